The van der Waals surface area contributed by atoms with Crippen molar-refractivity contribution in [2.24, 2.45) is 11.8 Å². The first-order chi connectivity index (χ1) is 41.9. The van der Waals surface area contributed by atoms with E-state index in [1.165, 1.54) is 154 Å². The van der Waals surface area contributed by atoms with Crippen LogP contribution in [0, 0.1) is 11.8 Å². The van der Waals surface area contributed by atoms with Crippen LogP contribution in [0.1, 0.15) is 343 Å². The lowest BCUT2D eigenvalue weighted by molar-refractivity contribution is -0.161. The highest BCUT2D eigenvalue weighted by Crippen LogP contribution is 2.45. The Morgan fingerprint density at radius 2 is 0.586 bits per heavy atom. The van der Waals surface area contributed by atoms with Gasteiger partial charge in [-0.1, -0.05) is 292 Å². The van der Waals surface area contributed by atoms with Crippen LogP contribution >= 0.6 is 15.6 Å². The average Bonchev–Trinajstić information content (AvgIpc) is 3.70. The van der Waals surface area contributed by atoms with Crippen molar-refractivity contribution in [3.63, 3.8) is 0 Å². The topological polar surface area (TPSA) is 237 Å². The van der Waals surface area contributed by atoms with Gasteiger partial charge < -0.3 is 33.8 Å². The molecule has 0 aromatic heterocycles. The molecule has 0 amide bonds. The molecule has 0 aromatic carbocycles. The number of hydrogen-bond acceptors (Lipinski definition) is 15. The predicted molar refractivity (Wildman–Crippen MR) is 349 cm³/mol. The molecule has 3 unspecified atom stereocenters. The van der Waals surface area contributed by atoms with E-state index in [-0.39, 0.29) is 25.7 Å². The zero-order valence-electron chi connectivity index (χ0n) is 56.3. The van der Waals surface area contributed by atoms with Crippen molar-refractivity contribution < 1.29 is 80.2 Å². The second-order valence-corrected chi connectivity index (χ2v) is 28.2. The SMILES string of the molecule is CCCCCCCCCCCCCCCCC(=O)O[C@H](COC(=O)CCCCCCCCCCC(C)CC)COP(=O)(O)OC[C@@H](O)COP(=O)(O)OC[C@@H](COC(=O)CCCCCCCCCC(C)C)OC(=O)CCCCCCCCCCCCC. The molecule has 0 spiro atoms. The lowest BCUT2D eigenvalue weighted by Gasteiger charge is -2.21. The quantitative estimate of drug-likeness (QED) is 0.0222. The van der Waals surface area contributed by atoms with E-state index in [2.05, 4.69) is 41.5 Å². The van der Waals surface area contributed by atoms with Gasteiger partial charge in [0.05, 0.1) is 26.4 Å². The fourth-order valence-electron chi connectivity index (χ4n) is 10.2. The van der Waals surface area contributed by atoms with Crippen molar-refractivity contribution in [3.05, 3.63) is 0 Å². The van der Waals surface area contributed by atoms with Crippen LogP contribution in [-0.2, 0) is 65.4 Å². The van der Waals surface area contributed by atoms with Gasteiger partial charge in [-0.15, -0.1) is 0 Å². The van der Waals surface area contributed by atoms with Gasteiger partial charge in [0.25, 0.3) is 0 Å². The van der Waals surface area contributed by atoms with Crippen LogP contribution in [0.3, 0.4) is 0 Å². The number of phosphoric acid groups is 2. The maximum atomic E-state index is 13.0. The van der Waals surface area contributed by atoms with Gasteiger partial charge in [0.2, 0.25) is 0 Å². The third-order valence-electron chi connectivity index (χ3n) is 16.1. The fraction of sp³-hybridized carbons (Fsp3) is 0.941. The molecule has 0 heterocycles. The van der Waals surface area contributed by atoms with Crippen molar-refractivity contribution >= 4 is 39.5 Å². The number of unbranched alkanes of at least 4 members (excludes halogenated alkanes) is 36. The number of ether oxygens (including phenoxy) is 4. The zero-order chi connectivity index (χ0) is 64.3. The molecule has 0 aromatic rings. The Labute approximate surface area is 530 Å². The highest BCUT2D eigenvalue weighted by molar-refractivity contribution is 7.47. The van der Waals surface area contributed by atoms with E-state index in [9.17, 15) is 43.2 Å². The van der Waals surface area contributed by atoms with Gasteiger partial charge >= 0.3 is 39.5 Å². The summed E-state index contributed by atoms with van der Waals surface area (Å²) in [5.41, 5.74) is 0. The molecule has 87 heavy (non-hydrogen) atoms. The molecule has 3 N–H and O–H groups in total. The molecule has 0 radical (unpaired) electrons. The van der Waals surface area contributed by atoms with Gasteiger partial charge in [0, 0.05) is 25.7 Å². The van der Waals surface area contributed by atoms with Crippen LogP contribution in [0.4, 0.5) is 0 Å². The maximum Gasteiger partial charge on any atom is 0.472 e. The summed E-state index contributed by atoms with van der Waals surface area (Å²) in [5.74, 6) is -0.643. The minimum absolute atomic E-state index is 0.106. The maximum absolute atomic E-state index is 13.0. The summed E-state index contributed by atoms with van der Waals surface area (Å²) >= 11 is 0. The van der Waals surface area contributed by atoms with Gasteiger partial charge in [-0.2, -0.15) is 0 Å². The van der Waals surface area contributed by atoms with Gasteiger partial charge in [0.1, 0.15) is 19.3 Å². The third kappa shape index (κ3) is 61.3. The zero-order valence-corrected chi connectivity index (χ0v) is 58.1. The van der Waals surface area contributed by atoms with Crippen molar-refractivity contribution in [1.29, 1.82) is 0 Å². The molecule has 6 atom stereocenters. The fourth-order valence-corrected chi connectivity index (χ4v) is 11.8. The largest absolute Gasteiger partial charge is 0.472 e. The Balaban J connectivity index is 5.25. The molecule has 0 aliphatic rings. The monoisotopic (exact) mass is 1280 g/mol. The normalized spacial score (nSPS) is 14.5. The Morgan fingerprint density at radius 3 is 0.874 bits per heavy atom. The third-order valence-corrected chi connectivity index (χ3v) is 18.0. The summed E-state index contributed by atoms with van der Waals surface area (Å²) in [5, 5.41) is 10.6. The number of rotatable bonds is 67. The number of hydrogen-bond donors (Lipinski definition) is 3. The number of esters is 4. The van der Waals surface area contributed by atoms with E-state index in [4.69, 9.17) is 37.0 Å². The van der Waals surface area contributed by atoms with E-state index < -0.39 is 97.5 Å². The van der Waals surface area contributed by atoms with Crippen LogP contribution in [0.5, 0.6) is 0 Å². The van der Waals surface area contributed by atoms with E-state index in [0.717, 1.165) is 102 Å². The minimum Gasteiger partial charge on any atom is -0.462 e. The van der Waals surface area contributed by atoms with Gasteiger partial charge in [-0.25, -0.2) is 9.13 Å². The number of phosphoric ester groups is 2. The highest BCUT2D eigenvalue weighted by Gasteiger charge is 2.30. The molecule has 516 valence electrons. The Kier molecular flexibility index (Phi) is 59.0. The van der Waals surface area contributed by atoms with Crippen LogP contribution in [0.25, 0.3) is 0 Å². The lowest BCUT2D eigenvalue weighted by atomic mass is 9.99. The Hall–Kier alpha value is -1.94. The Bertz CT molecular complexity index is 1700. The van der Waals surface area contributed by atoms with Crippen molar-refractivity contribution in [1.82, 2.24) is 0 Å². The van der Waals surface area contributed by atoms with Crippen molar-refractivity contribution in [2.75, 3.05) is 39.6 Å². The molecule has 17 nitrogen and oxygen atoms in total. The van der Waals surface area contributed by atoms with E-state index in [0.29, 0.717) is 31.6 Å². The first-order valence-electron chi connectivity index (χ1n) is 35.5. The summed E-state index contributed by atoms with van der Waals surface area (Å²) < 4.78 is 68.2. The average molecular weight is 1280 g/mol. The van der Waals surface area contributed by atoms with E-state index in [1.54, 1.807) is 0 Å². The summed E-state index contributed by atoms with van der Waals surface area (Å²) in [6.45, 7) is 9.48. The number of carbonyl (C=O) groups is 4. The summed E-state index contributed by atoms with van der Waals surface area (Å²) in [6.07, 6.45) is 44.3. The highest BCUT2D eigenvalue weighted by atomic mass is 31.2. The van der Waals surface area contributed by atoms with Crippen LogP contribution in [0.2, 0.25) is 0 Å². The standard InChI is InChI=1S/C68H132O17P2/c1-7-10-12-14-16-18-20-21-22-24-26-34-41-47-53-68(73)84-63(56-78-65(70)50-44-38-32-28-27-31-37-43-49-61(6)9-3)58-82-86(74,75)80-54-62(69)55-81-87(76,77)83-59-64(57-79-66(71)51-45-39-35-29-30-36-42-48-60(4)5)85-67(72)52-46-40-33-25-23-19-17-15-13-11-8-2/h60-64,69H,7-59H2,1-6H3,(H,74,75)(H,76,77)/t61?,62-,63-,64-/m1/s1. The van der Waals surface area contributed by atoms with Gasteiger partial charge in [-0.05, 0) is 37.5 Å². The molecule has 0 aliphatic carbocycles. The molecule has 19 heteroatoms. The molecule has 0 bridgehead atoms. The van der Waals surface area contributed by atoms with Crippen molar-refractivity contribution in [3.8, 4) is 0 Å². The second kappa shape index (κ2) is 60.3. The minimum atomic E-state index is -4.95. The molecule has 0 saturated carbocycles. The number of carbonyl (C=O) groups excluding carboxylic acids is 4. The molecule has 0 aliphatic heterocycles. The molecule has 0 saturated heterocycles. The summed E-state index contributed by atoms with van der Waals surface area (Å²) in [4.78, 5) is 72.4. The molecular weight excluding hydrogens is 1150 g/mol. The first kappa shape index (κ1) is 85.1. The van der Waals surface area contributed by atoms with Gasteiger partial charge in [0.15, 0.2) is 12.2 Å². The van der Waals surface area contributed by atoms with Crippen molar-refractivity contribution in [2.45, 2.75) is 362 Å². The molecule has 0 fully saturated rings. The first-order valence-corrected chi connectivity index (χ1v) is 38.5. The smallest absolute Gasteiger partial charge is 0.462 e. The number of aliphatic hydroxyl groups is 1. The van der Waals surface area contributed by atoms with Crippen LogP contribution < -0.4 is 0 Å². The summed E-state index contributed by atoms with van der Waals surface area (Å²) in [6, 6.07) is 0. The van der Waals surface area contributed by atoms with E-state index in [1.807, 2.05) is 0 Å². The van der Waals surface area contributed by atoms with Crippen LogP contribution in [-0.4, -0.2) is 96.7 Å². The van der Waals surface area contributed by atoms with Gasteiger partial charge in [-0.3, -0.25) is 37.3 Å². The Morgan fingerprint density at radius 1 is 0.333 bits per heavy atom. The van der Waals surface area contributed by atoms with Crippen LogP contribution in [0.15, 0.2) is 0 Å². The molecule has 0 rings (SSSR count). The molecular formula is C68H132O17P2. The summed E-state index contributed by atoms with van der Waals surface area (Å²) in [7, 11) is -9.89. The lowest BCUT2D eigenvalue weighted by Crippen LogP contribution is -2.30. The predicted octanol–water partition coefficient (Wildman–Crippen LogP) is 19.2. The second-order valence-electron chi connectivity index (χ2n) is 25.3. The van der Waals surface area contributed by atoms with E-state index >= 15 is 0 Å². The number of aliphatic hydroxyl groups excluding tert-OH is 1.